The highest BCUT2D eigenvalue weighted by molar-refractivity contribution is 5.77. The number of halogens is 2. The van der Waals surface area contributed by atoms with Gasteiger partial charge in [0.15, 0.2) is 17.6 Å². The van der Waals surface area contributed by atoms with Gasteiger partial charge in [0.2, 0.25) is 0 Å². The summed E-state index contributed by atoms with van der Waals surface area (Å²) in [5, 5.41) is 9.72. The van der Waals surface area contributed by atoms with E-state index in [0.717, 1.165) is 13.2 Å². The number of fused-ring (bicyclic) bond motifs is 1. The molecule has 0 bridgehead atoms. The number of aliphatic hydroxyl groups excluding tert-OH is 1. The van der Waals surface area contributed by atoms with Crippen LogP contribution in [0.1, 0.15) is 23.7 Å². The van der Waals surface area contributed by atoms with Crippen molar-refractivity contribution in [2.24, 2.45) is 0 Å². The van der Waals surface area contributed by atoms with Gasteiger partial charge in [0.1, 0.15) is 13.2 Å². The van der Waals surface area contributed by atoms with Crippen molar-refractivity contribution < 1.29 is 32.9 Å². The van der Waals surface area contributed by atoms with Crippen LogP contribution in [0.5, 0.6) is 11.5 Å². The normalized spacial score (nSPS) is 15.2. The van der Waals surface area contributed by atoms with Gasteiger partial charge in [-0.25, -0.2) is 13.6 Å². The van der Waals surface area contributed by atoms with Gasteiger partial charge in [0.25, 0.3) is 6.43 Å². The molecule has 1 aromatic rings. The van der Waals surface area contributed by atoms with E-state index in [4.69, 9.17) is 9.47 Å². The predicted octanol–water partition coefficient (Wildman–Crippen LogP) is 1.60. The summed E-state index contributed by atoms with van der Waals surface area (Å²) in [7, 11) is 1.06. The fourth-order valence-corrected chi connectivity index (χ4v) is 1.78. The van der Waals surface area contributed by atoms with Gasteiger partial charge < -0.3 is 19.3 Å². The molecular formula is C12H12F2O5. The quantitative estimate of drug-likeness (QED) is 0.848. The fraction of sp³-hybridized carbons (Fsp3) is 0.417. The molecule has 1 aliphatic heterocycles. The van der Waals surface area contributed by atoms with Crippen LogP contribution in [0.3, 0.4) is 0 Å². The van der Waals surface area contributed by atoms with Gasteiger partial charge in [-0.05, 0) is 12.1 Å². The average Bonchev–Trinajstić information content (AvgIpc) is 2.44. The Hall–Kier alpha value is -1.89. The lowest BCUT2D eigenvalue weighted by molar-refractivity contribution is -0.150. The van der Waals surface area contributed by atoms with Crippen LogP contribution < -0.4 is 9.47 Å². The van der Waals surface area contributed by atoms with E-state index in [0.29, 0.717) is 0 Å². The highest BCUT2D eigenvalue weighted by atomic mass is 19.3. The number of aliphatic hydroxyl groups is 1. The molecule has 0 aromatic heterocycles. The summed E-state index contributed by atoms with van der Waals surface area (Å²) < 4.78 is 40.7. The van der Waals surface area contributed by atoms with E-state index in [9.17, 15) is 18.7 Å². The van der Waals surface area contributed by atoms with Crippen molar-refractivity contribution in [2.75, 3.05) is 20.3 Å². The Morgan fingerprint density at radius 3 is 2.26 bits per heavy atom. The van der Waals surface area contributed by atoms with Gasteiger partial charge in [-0.2, -0.15) is 0 Å². The van der Waals surface area contributed by atoms with E-state index in [1.807, 2.05) is 0 Å². The summed E-state index contributed by atoms with van der Waals surface area (Å²) in [4.78, 5) is 11.3. The van der Waals surface area contributed by atoms with E-state index in [-0.39, 0.29) is 30.3 Å². The minimum atomic E-state index is -2.86. The number of hydrogen-bond acceptors (Lipinski definition) is 5. The van der Waals surface area contributed by atoms with Gasteiger partial charge in [0.05, 0.1) is 7.11 Å². The van der Waals surface area contributed by atoms with Crippen LogP contribution in [0.25, 0.3) is 0 Å². The Labute approximate surface area is 107 Å². The monoisotopic (exact) mass is 274 g/mol. The van der Waals surface area contributed by atoms with E-state index in [2.05, 4.69) is 4.74 Å². The maximum Gasteiger partial charge on any atom is 0.339 e. The molecular weight excluding hydrogens is 262 g/mol. The topological polar surface area (TPSA) is 65.0 Å². The van der Waals surface area contributed by atoms with E-state index in [1.54, 1.807) is 0 Å². The number of esters is 1. The number of carbonyl (C=O) groups excluding carboxylic acids is 1. The number of methoxy groups -OCH3 is 1. The van der Waals surface area contributed by atoms with Gasteiger partial charge in [-0.3, -0.25) is 0 Å². The molecule has 0 fully saturated rings. The molecule has 1 unspecified atom stereocenters. The molecule has 0 amide bonds. The highest BCUT2D eigenvalue weighted by Crippen LogP contribution is 2.39. The van der Waals surface area contributed by atoms with Crippen molar-refractivity contribution in [3.63, 3.8) is 0 Å². The first-order valence-corrected chi connectivity index (χ1v) is 5.52. The second kappa shape index (κ2) is 5.40. The summed E-state index contributed by atoms with van der Waals surface area (Å²) >= 11 is 0. The molecule has 7 heteroatoms. The molecule has 0 radical (unpaired) electrons. The average molecular weight is 274 g/mol. The van der Waals surface area contributed by atoms with Gasteiger partial charge in [-0.15, -0.1) is 0 Å². The fourth-order valence-electron chi connectivity index (χ4n) is 1.78. The van der Waals surface area contributed by atoms with Crippen LogP contribution in [-0.2, 0) is 9.53 Å². The number of ether oxygens (including phenoxy) is 3. The number of rotatable bonds is 3. The Kier molecular flexibility index (Phi) is 3.84. The maximum atomic E-state index is 13.0. The zero-order chi connectivity index (χ0) is 14.0. The first kappa shape index (κ1) is 13.5. The lowest BCUT2D eigenvalue weighted by Gasteiger charge is -2.22. The Morgan fingerprint density at radius 1 is 1.26 bits per heavy atom. The van der Waals surface area contributed by atoms with E-state index in [1.165, 1.54) is 6.07 Å². The molecule has 0 saturated heterocycles. The maximum absolute atomic E-state index is 13.0. The number of benzene rings is 1. The molecule has 1 aliphatic rings. The van der Waals surface area contributed by atoms with Gasteiger partial charge in [-0.1, -0.05) is 0 Å². The summed E-state index contributed by atoms with van der Waals surface area (Å²) in [6.07, 6.45) is -4.64. The largest absolute Gasteiger partial charge is 0.486 e. The van der Waals surface area contributed by atoms with Gasteiger partial charge >= 0.3 is 5.97 Å². The van der Waals surface area contributed by atoms with Crippen molar-refractivity contribution in [1.82, 2.24) is 0 Å². The lowest BCUT2D eigenvalue weighted by Crippen LogP contribution is -2.19. The smallest absolute Gasteiger partial charge is 0.339 e. The third-order valence-electron chi connectivity index (χ3n) is 2.70. The molecule has 1 heterocycles. The van der Waals surface area contributed by atoms with E-state index >= 15 is 0 Å². The van der Waals surface area contributed by atoms with Crippen LogP contribution in [0.15, 0.2) is 12.1 Å². The number of alkyl halides is 2. The predicted molar refractivity (Wildman–Crippen MR) is 59.4 cm³/mol. The molecule has 1 N–H and O–H groups in total. The Morgan fingerprint density at radius 2 is 1.79 bits per heavy atom. The first-order valence-electron chi connectivity index (χ1n) is 5.52. The molecule has 5 nitrogen and oxygen atoms in total. The number of hydrogen-bond donors (Lipinski definition) is 1. The molecule has 1 atom stereocenters. The minimum Gasteiger partial charge on any atom is -0.486 e. The molecule has 1 aromatic carbocycles. The molecule has 0 saturated carbocycles. The van der Waals surface area contributed by atoms with Crippen LogP contribution in [0, 0.1) is 0 Å². The highest BCUT2D eigenvalue weighted by Gasteiger charge is 2.28. The van der Waals surface area contributed by atoms with Crippen LogP contribution >= 0.6 is 0 Å². The van der Waals surface area contributed by atoms with Crippen molar-refractivity contribution in [1.29, 1.82) is 0 Å². The number of carbonyl (C=O) groups is 1. The van der Waals surface area contributed by atoms with E-state index < -0.39 is 24.1 Å². The Bertz CT molecular complexity index is 489. The SMILES string of the molecule is COC(=O)C(O)c1cc2c(cc1C(F)F)OCCO2. The lowest BCUT2D eigenvalue weighted by atomic mass is 10.0. The molecule has 0 aliphatic carbocycles. The van der Waals surface area contributed by atoms with Crippen molar-refractivity contribution in [3.8, 4) is 11.5 Å². The van der Waals surface area contributed by atoms with Crippen molar-refractivity contribution in [3.05, 3.63) is 23.3 Å². The molecule has 19 heavy (non-hydrogen) atoms. The third kappa shape index (κ3) is 2.60. The second-order valence-corrected chi connectivity index (χ2v) is 3.85. The summed E-state index contributed by atoms with van der Waals surface area (Å²) in [5.41, 5.74) is -0.728. The van der Waals surface area contributed by atoms with Crippen LogP contribution in [-0.4, -0.2) is 31.4 Å². The molecule has 2 rings (SSSR count). The molecule has 0 spiro atoms. The van der Waals surface area contributed by atoms with Crippen LogP contribution in [0.4, 0.5) is 8.78 Å². The van der Waals surface area contributed by atoms with Crippen LogP contribution in [0.2, 0.25) is 0 Å². The molecule has 104 valence electrons. The third-order valence-corrected chi connectivity index (χ3v) is 2.70. The first-order chi connectivity index (χ1) is 9.04. The zero-order valence-electron chi connectivity index (χ0n) is 10.1. The summed E-state index contributed by atoms with van der Waals surface area (Å²) in [6, 6.07) is 2.25. The van der Waals surface area contributed by atoms with Gasteiger partial charge in [0, 0.05) is 11.1 Å². The minimum absolute atomic E-state index is 0.169. The standard InChI is InChI=1S/C12H12F2O5/c1-17-12(16)10(15)6-4-8-9(19-3-2-18-8)5-7(6)11(13)14/h4-5,10-11,15H,2-3H2,1H3. The summed E-state index contributed by atoms with van der Waals surface area (Å²) in [6.45, 7) is 0.531. The second-order valence-electron chi connectivity index (χ2n) is 3.85. The van der Waals surface area contributed by atoms with Crippen molar-refractivity contribution in [2.45, 2.75) is 12.5 Å². The zero-order valence-corrected chi connectivity index (χ0v) is 10.1. The summed E-state index contributed by atoms with van der Waals surface area (Å²) in [5.74, 6) is -0.630. The Balaban J connectivity index is 2.48. The van der Waals surface area contributed by atoms with Crippen molar-refractivity contribution >= 4 is 5.97 Å².